The van der Waals surface area contributed by atoms with Gasteiger partial charge in [-0.15, -0.1) is 11.3 Å². The maximum absolute atomic E-state index is 4.50. The number of hydrogen-bond donors (Lipinski definition) is 0. The Morgan fingerprint density at radius 2 is 1.31 bits per heavy atom. The number of piperazine rings is 1. The molecule has 6 rings (SSSR count). The normalized spacial score (nSPS) is 18.5. The summed E-state index contributed by atoms with van der Waals surface area (Å²) < 4.78 is 1.20. The highest BCUT2D eigenvalue weighted by atomic mass is 32.1. The molecule has 0 aliphatic carbocycles. The zero-order valence-corrected chi connectivity index (χ0v) is 21.1. The van der Waals surface area contributed by atoms with Crippen LogP contribution >= 0.6 is 11.3 Å². The van der Waals surface area contributed by atoms with Crippen LogP contribution in [0.4, 0.5) is 5.69 Å². The van der Waals surface area contributed by atoms with Gasteiger partial charge >= 0.3 is 0 Å². The Bertz CT molecular complexity index is 1380. The van der Waals surface area contributed by atoms with E-state index in [1.54, 1.807) is 11.3 Å². The Kier molecular flexibility index (Phi) is 6.79. The lowest BCUT2D eigenvalue weighted by Gasteiger charge is -2.49. The summed E-state index contributed by atoms with van der Waals surface area (Å²) in [6, 6.07) is 40.3. The first-order chi connectivity index (χ1) is 17.8. The summed E-state index contributed by atoms with van der Waals surface area (Å²) in [4.78, 5) is 9.85. The third-order valence-electron chi connectivity index (χ3n) is 7.34. The maximum atomic E-state index is 4.50. The molecule has 0 N–H and O–H groups in total. The van der Waals surface area contributed by atoms with Gasteiger partial charge in [-0.25, -0.2) is 4.98 Å². The van der Waals surface area contributed by atoms with Crippen molar-refractivity contribution in [3.8, 4) is 0 Å². The van der Waals surface area contributed by atoms with Crippen molar-refractivity contribution in [3.05, 3.63) is 131 Å². The van der Waals surface area contributed by atoms with Crippen LogP contribution in [0.5, 0.6) is 0 Å². The lowest BCUT2D eigenvalue weighted by molar-refractivity contribution is 0.130. The zero-order chi connectivity index (χ0) is 24.2. The topological polar surface area (TPSA) is 19.4 Å². The van der Waals surface area contributed by atoms with Crippen LogP contribution in [0.2, 0.25) is 0 Å². The van der Waals surface area contributed by atoms with Crippen molar-refractivity contribution in [2.75, 3.05) is 18.0 Å². The van der Waals surface area contributed by atoms with Gasteiger partial charge in [0.05, 0.1) is 10.2 Å². The Morgan fingerprint density at radius 3 is 1.97 bits per heavy atom. The monoisotopic (exact) mass is 488 g/mol. The summed E-state index contributed by atoms with van der Waals surface area (Å²) in [5.74, 6) is 0. The van der Waals surface area contributed by atoms with E-state index in [2.05, 4.69) is 129 Å². The Balaban J connectivity index is 1.40. The van der Waals surface area contributed by atoms with E-state index in [0.29, 0.717) is 12.1 Å². The van der Waals surface area contributed by atoms with Crippen molar-refractivity contribution in [2.45, 2.75) is 31.5 Å². The van der Waals surface area contributed by atoms with E-state index >= 15 is 0 Å². The van der Waals surface area contributed by atoms with E-state index in [1.807, 2.05) is 0 Å². The molecule has 179 valence electrons. The lowest BCUT2D eigenvalue weighted by atomic mass is 9.89. The third-order valence-corrected chi connectivity index (χ3v) is 8.09. The molecular weight excluding hydrogens is 458 g/mol. The first kappa shape index (κ1) is 23.0. The Morgan fingerprint density at radius 1 is 0.694 bits per heavy atom. The molecule has 1 aliphatic heterocycles. The number of nitrogens with zero attached hydrogens (tertiary/aromatic N) is 3. The second kappa shape index (κ2) is 10.7. The highest BCUT2D eigenvalue weighted by Crippen LogP contribution is 2.32. The standard InChI is InChI=1S/C32H30N3S/c1-4-10-25(11-5-1)20-30-31(21-26-12-6-2-7-13-26)35(28-16-17-32-29(22-28)33-24-36-32)19-18-34(30)23-27-14-8-3-9-15-27/h1-17,22,30-31H,18-21,23H2. The van der Waals surface area contributed by atoms with Gasteiger partial charge in [-0.2, -0.15) is 0 Å². The van der Waals surface area contributed by atoms with Crippen LogP contribution in [-0.2, 0) is 19.4 Å². The highest BCUT2D eigenvalue weighted by molar-refractivity contribution is 7.16. The van der Waals surface area contributed by atoms with Crippen LogP contribution in [0, 0.1) is 5.51 Å². The van der Waals surface area contributed by atoms with Crippen LogP contribution < -0.4 is 4.90 Å². The summed E-state index contributed by atoms with van der Waals surface area (Å²) in [5, 5.41) is 0. The molecule has 5 aromatic rings. The van der Waals surface area contributed by atoms with Crippen molar-refractivity contribution in [2.24, 2.45) is 0 Å². The molecule has 1 aliphatic rings. The maximum Gasteiger partial charge on any atom is 0.153 e. The van der Waals surface area contributed by atoms with Gasteiger partial charge in [0.1, 0.15) is 0 Å². The van der Waals surface area contributed by atoms with E-state index in [4.69, 9.17) is 0 Å². The molecule has 1 fully saturated rings. The first-order valence-electron chi connectivity index (χ1n) is 12.7. The van der Waals surface area contributed by atoms with Crippen LogP contribution in [0.25, 0.3) is 10.2 Å². The number of benzene rings is 4. The molecule has 0 spiro atoms. The minimum absolute atomic E-state index is 0.338. The fourth-order valence-corrected chi connectivity index (χ4v) is 6.14. The molecule has 36 heavy (non-hydrogen) atoms. The van der Waals surface area contributed by atoms with Gasteiger partial charge in [0.2, 0.25) is 0 Å². The number of rotatable bonds is 7. The summed E-state index contributed by atoms with van der Waals surface area (Å²) in [7, 11) is 0. The number of anilines is 1. The quantitative estimate of drug-likeness (QED) is 0.256. The smallest absolute Gasteiger partial charge is 0.153 e. The molecule has 4 aromatic carbocycles. The number of aromatic nitrogens is 1. The molecule has 2 heterocycles. The molecule has 0 saturated carbocycles. The Labute approximate surface area is 217 Å². The van der Waals surface area contributed by atoms with Crippen molar-refractivity contribution in [1.29, 1.82) is 0 Å². The van der Waals surface area contributed by atoms with Gasteiger partial charge in [-0.3, -0.25) is 4.90 Å². The number of thiazole rings is 1. The summed E-state index contributed by atoms with van der Waals surface area (Å²) in [6.07, 6.45) is 2.03. The zero-order valence-electron chi connectivity index (χ0n) is 20.3. The van der Waals surface area contributed by atoms with Crippen LogP contribution in [0.3, 0.4) is 0 Å². The molecule has 2 unspecified atom stereocenters. The Hall–Kier alpha value is -3.47. The van der Waals surface area contributed by atoms with Gasteiger partial charge in [-0.05, 0) is 47.7 Å². The van der Waals surface area contributed by atoms with E-state index in [0.717, 1.165) is 38.0 Å². The highest BCUT2D eigenvalue weighted by Gasteiger charge is 2.37. The van der Waals surface area contributed by atoms with Gasteiger partial charge < -0.3 is 4.90 Å². The molecule has 0 amide bonds. The molecule has 3 nitrogen and oxygen atoms in total. The molecular formula is C32H30N3S. The van der Waals surface area contributed by atoms with Gasteiger partial charge in [0.25, 0.3) is 0 Å². The molecule has 1 radical (unpaired) electrons. The predicted octanol–water partition coefficient (Wildman–Crippen LogP) is 6.64. The summed E-state index contributed by atoms with van der Waals surface area (Å²) in [5.41, 5.74) is 9.52. The SMILES string of the molecule is [c]1nc2cc(N3CCN(Cc4ccccc4)C(Cc4ccccc4)C3Cc3ccccc3)ccc2s1. The minimum atomic E-state index is 0.338. The molecule has 1 saturated heterocycles. The van der Waals surface area contributed by atoms with E-state index < -0.39 is 0 Å². The lowest BCUT2D eigenvalue weighted by Crippen LogP contribution is -2.61. The minimum Gasteiger partial charge on any atom is -0.365 e. The molecule has 2 atom stereocenters. The van der Waals surface area contributed by atoms with Gasteiger partial charge in [0, 0.05) is 37.4 Å². The van der Waals surface area contributed by atoms with Gasteiger partial charge in [0.15, 0.2) is 5.51 Å². The van der Waals surface area contributed by atoms with E-state index in [9.17, 15) is 0 Å². The van der Waals surface area contributed by atoms with Crippen molar-refractivity contribution >= 4 is 27.2 Å². The summed E-state index contributed by atoms with van der Waals surface area (Å²) >= 11 is 1.59. The van der Waals surface area contributed by atoms with Crippen LogP contribution in [0.1, 0.15) is 16.7 Å². The molecule has 4 heteroatoms. The second-order valence-electron chi connectivity index (χ2n) is 9.62. The van der Waals surface area contributed by atoms with Crippen molar-refractivity contribution in [3.63, 3.8) is 0 Å². The fourth-order valence-electron chi connectivity index (χ4n) is 5.56. The average molecular weight is 489 g/mol. The van der Waals surface area contributed by atoms with Crippen molar-refractivity contribution in [1.82, 2.24) is 9.88 Å². The largest absolute Gasteiger partial charge is 0.365 e. The van der Waals surface area contributed by atoms with E-state index in [1.165, 1.54) is 27.1 Å². The van der Waals surface area contributed by atoms with Gasteiger partial charge in [-0.1, -0.05) is 91.0 Å². The van der Waals surface area contributed by atoms with Crippen LogP contribution in [-0.4, -0.2) is 35.1 Å². The average Bonchev–Trinajstić information content (AvgIpc) is 3.40. The summed E-state index contributed by atoms with van der Waals surface area (Å²) in [6.45, 7) is 2.99. The first-order valence-corrected chi connectivity index (χ1v) is 13.5. The third kappa shape index (κ3) is 5.06. The fraction of sp³-hybridized carbons (Fsp3) is 0.219. The number of fused-ring (bicyclic) bond motifs is 1. The van der Waals surface area contributed by atoms with Crippen molar-refractivity contribution < 1.29 is 0 Å². The van der Waals surface area contributed by atoms with E-state index in [-0.39, 0.29) is 0 Å². The van der Waals surface area contributed by atoms with Crippen LogP contribution in [0.15, 0.2) is 109 Å². The second-order valence-corrected chi connectivity index (χ2v) is 10.4. The number of hydrogen-bond acceptors (Lipinski definition) is 4. The predicted molar refractivity (Wildman–Crippen MR) is 151 cm³/mol. The molecule has 1 aromatic heterocycles. The molecule has 0 bridgehead atoms.